The molecule has 1 heteroatoms. The fourth-order valence-electron chi connectivity index (χ4n) is 5.59. The van der Waals surface area contributed by atoms with E-state index in [4.69, 9.17) is 12.6 Å². The van der Waals surface area contributed by atoms with E-state index in [1.807, 2.05) is 0 Å². The van der Waals surface area contributed by atoms with E-state index in [-0.39, 0.29) is 0 Å². The van der Waals surface area contributed by atoms with Gasteiger partial charge in [-0.1, -0.05) is 27.7 Å². The lowest BCUT2D eigenvalue weighted by Crippen LogP contribution is -2.56. The van der Waals surface area contributed by atoms with E-state index >= 15 is 0 Å². The highest BCUT2D eigenvalue weighted by Gasteiger charge is 2.65. The van der Waals surface area contributed by atoms with Crippen LogP contribution in [0.5, 0.6) is 0 Å². The van der Waals surface area contributed by atoms with Crippen LogP contribution in [0.1, 0.15) is 53.4 Å². The lowest BCUT2D eigenvalue weighted by atomic mass is 9.47. The Morgan fingerprint density at radius 3 is 2.50 bits per heavy atom. The zero-order valence-electron chi connectivity index (χ0n) is 11.2. The fourth-order valence-corrected chi connectivity index (χ4v) is 6.23. The maximum atomic E-state index is 5.05. The SMILES string of the molecule is CC(C)[C@H]1C[C@H]2[C@]3(C)CC[C@@]2(C)[C@H](S)[C@H]1C3. The maximum absolute atomic E-state index is 5.05. The summed E-state index contributed by atoms with van der Waals surface area (Å²) in [6.45, 7) is 9.92. The molecule has 4 aliphatic carbocycles. The third-order valence-electron chi connectivity index (χ3n) is 6.57. The van der Waals surface area contributed by atoms with Gasteiger partial charge in [0.15, 0.2) is 0 Å². The summed E-state index contributed by atoms with van der Waals surface area (Å²) in [5.41, 5.74) is 1.23. The Balaban J connectivity index is 1.99. The van der Waals surface area contributed by atoms with Crippen LogP contribution < -0.4 is 0 Å². The van der Waals surface area contributed by atoms with Gasteiger partial charge in [-0.2, -0.15) is 12.6 Å². The van der Waals surface area contributed by atoms with Crippen molar-refractivity contribution in [2.24, 2.45) is 34.5 Å². The zero-order chi connectivity index (χ0) is 11.7. The van der Waals surface area contributed by atoms with Gasteiger partial charge < -0.3 is 0 Å². The van der Waals surface area contributed by atoms with Crippen LogP contribution in [0.25, 0.3) is 0 Å². The lowest BCUT2D eigenvalue weighted by Gasteiger charge is -2.60. The molecule has 0 spiro atoms. The third kappa shape index (κ3) is 1.19. The molecular formula is C15H26S. The van der Waals surface area contributed by atoms with Crippen LogP contribution in [-0.2, 0) is 0 Å². The second-order valence-electron chi connectivity index (χ2n) is 7.67. The molecule has 0 aliphatic heterocycles. The quantitative estimate of drug-likeness (QED) is 0.643. The van der Waals surface area contributed by atoms with E-state index < -0.39 is 0 Å². The highest BCUT2D eigenvalue weighted by Crippen LogP contribution is 2.71. The second kappa shape index (κ2) is 3.22. The highest BCUT2D eigenvalue weighted by molar-refractivity contribution is 7.81. The van der Waals surface area contributed by atoms with Crippen molar-refractivity contribution in [3.63, 3.8) is 0 Å². The van der Waals surface area contributed by atoms with Crippen molar-refractivity contribution in [3.8, 4) is 0 Å². The largest absolute Gasteiger partial charge is 0.175 e. The molecule has 0 aromatic rings. The first-order valence-electron chi connectivity index (χ1n) is 7.06. The first-order chi connectivity index (χ1) is 7.38. The summed E-state index contributed by atoms with van der Waals surface area (Å²) in [4.78, 5) is 0. The highest BCUT2D eigenvalue weighted by atomic mass is 32.1. The number of fused-ring (bicyclic) bond motifs is 1. The van der Waals surface area contributed by atoms with Gasteiger partial charge in [0.1, 0.15) is 0 Å². The third-order valence-corrected chi connectivity index (χ3v) is 7.54. The first-order valence-corrected chi connectivity index (χ1v) is 7.58. The number of rotatable bonds is 1. The van der Waals surface area contributed by atoms with Gasteiger partial charge in [-0.05, 0) is 60.2 Å². The zero-order valence-corrected chi connectivity index (χ0v) is 12.1. The van der Waals surface area contributed by atoms with Crippen LogP contribution in [0.3, 0.4) is 0 Å². The van der Waals surface area contributed by atoms with Crippen LogP contribution in [0.4, 0.5) is 0 Å². The van der Waals surface area contributed by atoms with Gasteiger partial charge in [-0.25, -0.2) is 0 Å². The molecule has 4 aliphatic rings. The Bertz CT molecular complexity index is 311. The summed E-state index contributed by atoms with van der Waals surface area (Å²) >= 11 is 5.05. The number of thiol groups is 1. The molecule has 6 atom stereocenters. The summed E-state index contributed by atoms with van der Waals surface area (Å²) in [5, 5.41) is 0.675. The number of hydrogen-bond donors (Lipinski definition) is 1. The van der Waals surface area contributed by atoms with Gasteiger partial charge >= 0.3 is 0 Å². The molecular weight excluding hydrogens is 212 g/mol. The molecule has 0 amide bonds. The molecule has 0 aromatic heterocycles. The van der Waals surface area contributed by atoms with Crippen LogP contribution >= 0.6 is 12.6 Å². The monoisotopic (exact) mass is 238 g/mol. The summed E-state index contributed by atoms with van der Waals surface area (Å²) < 4.78 is 0. The van der Waals surface area contributed by atoms with Crippen molar-refractivity contribution in [1.82, 2.24) is 0 Å². The van der Waals surface area contributed by atoms with Crippen molar-refractivity contribution in [2.75, 3.05) is 0 Å². The Morgan fingerprint density at radius 1 is 1.19 bits per heavy atom. The van der Waals surface area contributed by atoms with Gasteiger partial charge in [0, 0.05) is 5.25 Å². The van der Waals surface area contributed by atoms with Gasteiger partial charge in [-0.15, -0.1) is 0 Å². The topological polar surface area (TPSA) is 0 Å². The molecule has 0 radical (unpaired) electrons. The van der Waals surface area contributed by atoms with Crippen LogP contribution in [0.15, 0.2) is 0 Å². The smallest absolute Gasteiger partial charge is 0.0105 e. The first kappa shape index (κ1) is 11.4. The molecule has 16 heavy (non-hydrogen) atoms. The molecule has 0 heterocycles. The molecule has 0 unspecified atom stereocenters. The predicted octanol–water partition coefficient (Wildman–Crippen LogP) is 4.40. The maximum Gasteiger partial charge on any atom is 0.0105 e. The summed E-state index contributed by atoms with van der Waals surface area (Å²) in [6, 6.07) is 0. The Hall–Kier alpha value is 0.350. The second-order valence-corrected chi connectivity index (χ2v) is 8.23. The average Bonchev–Trinajstić information content (AvgIpc) is 2.44. The van der Waals surface area contributed by atoms with E-state index in [1.54, 1.807) is 0 Å². The van der Waals surface area contributed by atoms with Crippen LogP contribution in [-0.4, -0.2) is 5.25 Å². The lowest BCUT2D eigenvalue weighted by molar-refractivity contribution is -0.0754. The fraction of sp³-hybridized carbons (Fsp3) is 1.00. The van der Waals surface area contributed by atoms with Crippen molar-refractivity contribution in [3.05, 3.63) is 0 Å². The molecule has 92 valence electrons. The van der Waals surface area contributed by atoms with E-state index in [1.165, 1.54) is 25.7 Å². The van der Waals surface area contributed by atoms with Crippen molar-refractivity contribution in [2.45, 2.75) is 58.6 Å². The van der Waals surface area contributed by atoms with Gasteiger partial charge in [0.25, 0.3) is 0 Å². The van der Waals surface area contributed by atoms with Crippen molar-refractivity contribution < 1.29 is 0 Å². The van der Waals surface area contributed by atoms with E-state index in [0.29, 0.717) is 16.1 Å². The van der Waals surface area contributed by atoms with Gasteiger partial charge in [0.05, 0.1) is 0 Å². The minimum atomic E-state index is 0.562. The molecule has 0 nitrogen and oxygen atoms in total. The predicted molar refractivity (Wildman–Crippen MR) is 72.8 cm³/mol. The van der Waals surface area contributed by atoms with Gasteiger partial charge in [0.2, 0.25) is 0 Å². The minimum Gasteiger partial charge on any atom is -0.175 e. The molecule has 0 N–H and O–H groups in total. The Morgan fingerprint density at radius 2 is 1.88 bits per heavy atom. The van der Waals surface area contributed by atoms with E-state index in [0.717, 1.165) is 23.7 Å². The Kier molecular flexibility index (Phi) is 2.30. The molecule has 4 saturated carbocycles. The molecule has 4 rings (SSSR count). The van der Waals surface area contributed by atoms with Crippen LogP contribution in [0.2, 0.25) is 0 Å². The van der Waals surface area contributed by atoms with Crippen molar-refractivity contribution >= 4 is 12.6 Å². The van der Waals surface area contributed by atoms with Gasteiger partial charge in [-0.3, -0.25) is 0 Å². The standard InChI is InChI=1S/C15H26S/c1-9(2)10-7-12-14(3)5-6-15(12,4)13(16)11(10)8-14/h9-13,16H,5-8H2,1-4H3/t10-,11+,12+,13-,14-,15-/m1/s1. The Labute approximate surface area is 106 Å². The molecule has 4 bridgehead atoms. The number of hydrogen-bond acceptors (Lipinski definition) is 1. The summed E-state index contributed by atoms with van der Waals surface area (Å²) in [6.07, 6.45) is 5.85. The molecule has 0 aromatic carbocycles. The van der Waals surface area contributed by atoms with Crippen molar-refractivity contribution in [1.29, 1.82) is 0 Å². The summed E-state index contributed by atoms with van der Waals surface area (Å²) in [7, 11) is 0. The average molecular weight is 238 g/mol. The molecule has 0 saturated heterocycles. The summed E-state index contributed by atoms with van der Waals surface area (Å²) in [5.74, 6) is 3.66. The van der Waals surface area contributed by atoms with E-state index in [9.17, 15) is 0 Å². The van der Waals surface area contributed by atoms with E-state index in [2.05, 4.69) is 27.7 Å². The normalized spacial score (nSPS) is 59.6. The molecule has 4 fully saturated rings. The van der Waals surface area contributed by atoms with Crippen LogP contribution in [0, 0.1) is 34.5 Å². The minimum absolute atomic E-state index is 0.562.